The van der Waals surface area contributed by atoms with Gasteiger partial charge in [0, 0.05) is 6.04 Å². The lowest BCUT2D eigenvalue weighted by atomic mass is 10.1. The molecule has 3 nitrogen and oxygen atoms in total. The van der Waals surface area contributed by atoms with Crippen molar-refractivity contribution in [3.63, 3.8) is 0 Å². The van der Waals surface area contributed by atoms with Crippen molar-refractivity contribution in [1.82, 2.24) is 5.32 Å². The van der Waals surface area contributed by atoms with Gasteiger partial charge < -0.3 is 10.1 Å². The molecule has 0 bridgehead atoms. The Morgan fingerprint density at radius 3 is 2.07 bits per heavy atom. The topological polar surface area (TPSA) is 38.3 Å². The van der Waals surface area contributed by atoms with E-state index in [1.165, 1.54) is 0 Å². The Labute approximate surface area is 93.6 Å². The highest BCUT2D eigenvalue weighted by Crippen LogP contribution is 2.09. The molecule has 0 aliphatic carbocycles. The molecule has 0 rings (SSSR count). The first-order valence-corrected chi connectivity index (χ1v) is 5.79. The molecule has 0 aromatic carbocycles. The van der Waals surface area contributed by atoms with Crippen LogP contribution < -0.4 is 5.32 Å². The van der Waals surface area contributed by atoms with Gasteiger partial charge in [-0.1, -0.05) is 13.8 Å². The summed E-state index contributed by atoms with van der Waals surface area (Å²) >= 11 is 0. The molecule has 0 aromatic rings. The van der Waals surface area contributed by atoms with E-state index in [1.54, 1.807) is 0 Å². The molecule has 1 atom stereocenters. The smallest absolute Gasteiger partial charge is 0.323 e. The number of hydrogen-bond donors (Lipinski definition) is 1. The Morgan fingerprint density at radius 2 is 1.73 bits per heavy atom. The van der Waals surface area contributed by atoms with E-state index in [-0.39, 0.29) is 12.0 Å². The van der Waals surface area contributed by atoms with E-state index < -0.39 is 5.60 Å². The van der Waals surface area contributed by atoms with Crippen molar-refractivity contribution in [3.8, 4) is 0 Å². The Kier molecular flexibility index (Phi) is 5.88. The van der Waals surface area contributed by atoms with Crippen molar-refractivity contribution in [1.29, 1.82) is 0 Å². The lowest BCUT2D eigenvalue weighted by molar-refractivity contribution is -0.157. The predicted octanol–water partition coefficient (Wildman–Crippen LogP) is 2.49. The molecule has 0 aliphatic rings. The summed E-state index contributed by atoms with van der Waals surface area (Å²) in [7, 11) is 0. The molecule has 0 aliphatic heterocycles. The lowest BCUT2D eigenvalue weighted by Crippen LogP contribution is -2.43. The summed E-state index contributed by atoms with van der Waals surface area (Å²) in [4.78, 5) is 11.6. The third kappa shape index (κ3) is 6.50. The number of nitrogens with one attached hydrogen (secondary N) is 1. The molecule has 0 unspecified atom stereocenters. The van der Waals surface area contributed by atoms with Crippen LogP contribution in [-0.2, 0) is 9.53 Å². The van der Waals surface area contributed by atoms with E-state index in [0.29, 0.717) is 6.04 Å². The molecule has 0 spiro atoms. The normalized spacial score (nSPS) is 14.1. The minimum atomic E-state index is -0.402. The quantitative estimate of drug-likeness (QED) is 0.716. The first-order valence-electron chi connectivity index (χ1n) is 5.79. The van der Waals surface area contributed by atoms with Crippen LogP contribution in [0.2, 0.25) is 0 Å². The molecule has 3 heteroatoms. The molecular weight excluding hydrogens is 190 g/mol. The summed E-state index contributed by atoms with van der Waals surface area (Å²) in [5.74, 6) is -0.172. The number of carbonyl (C=O) groups excluding carboxylic acids is 1. The van der Waals surface area contributed by atoms with Gasteiger partial charge in [-0.3, -0.25) is 4.79 Å². The average molecular weight is 215 g/mol. The van der Waals surface area contributed by atoms with Gasteiger partial charge in [0.15, 0.2) is 0 Å². The monoisotopic (exact) mass is 215 g/mol. The van der Waals surface area contributed by atoms with E-state index in [9.17, 15) is 4.79 Å². The fraction of sp³-hybridized carbons (Fsp3) is 0.917. The van der Waals surface area contributed by atoms with Crippen LogP contribution >= 0.6 is 0 Å². The fourth-order valence-electron chi connectivity index (χ4n) is 1.34. The van der Waals surface area contributed by atoms with Crippen molar-refractivity contribution in [2.75, 3.05) is 0 Å². The highest BCUT2D eigenvalue weighted by atomic mass is 16.6. The van der Waals surface area contributed by atoms with E-state index in [0.717, 1.165) is 12.8 Å². The summed E-state index contributed by atoms with van der Waals surface area (Å²) in [6.45, 7) is 11.7. The van der Waals surface area contributed by atoms with Gasteiger partial charge in [0.1, 0.15) is 11.6 Å². The molecular formula is C12H25NO2. The van der Waals surface area contributed by atoms with Crippen LogP contribution in [0.1, 0.15) is 54.4 Å². The molecule has 15 heavy (non-hydrogen) atoms. The molecule has 0 saturated heterocycles. The number of esters is 1. The van der Waals surface area contributed by atoms with E-state index in [2.05, 4.69) is 19.2 Å². The van der Waals surface area contributed by atoms with Crippen LogP contribution in [0, 0.1) is 0 Å². The van der Waals surface area contributed by atoms with Crippen LogP contribution in [0.5, 0.6) is 0 Å². The second kappa shape index (κ2) is 6.11. The molecule has 0 radical (unpaired) electrons. The molecule has 1 N–H and O–H groups in total. The van der Waals surface area contributed by atoms with Crippen LogP contribution in [0.15, 0.2) is 0 Å². The molecule has 0 amide bonds. The summed E-state index contributed by atoms with van der Waals surface area (Å²) in [5.41, 5.74) is -0.402. The largest absolute Gasteiger partial charge is 0.459 e. The Balaban J connectivity index is 4.09. The minimum Gasteiger partial charge on any atom is -0.459 e. The standard InChI is InChI=1S/C12H25NO2/c1-7-10(8-2)13-9(3)11(14)15-12(4,5)6/h9-10,13H,7-8H2,1-6H3/t9-/m1/s1. The second-order valence-corrected chi connectivity index (χ2v) is 4.94. The van der Waals surface area contributed by atoms with Crippen LogP contribution in [0.4, 0.5) is 0 Å². The van der Waals surface area contributed by atoms with Crippen molar-refractivity contribution in [2.24, 2.45) is 0 Å². The van der Waals surface area contributed by atoms with Gasteiger partial charge in [0.2, 0.25) is 0 Å². The average Bonchev–Trinajstić information content (AvgIpc) is 2.10. The molecule has 0 fully saturated rings. The maximum Gasteiger partial charge on any atom is 0.323 e. The van der Waals surface area contributed by atoms with Gasteiger partial charge in [-0.15, -0.1) is 0 Å². The summed E-state index contributed by atoms with van der Waals surface area (Å²) in [6, 6.07) is 0.168. The number of rotatable bonds is 5. The SMILES string of the molecule is CCC(CC)N[C@H](C)C(=O)OC(C)(C)C. The number of ether oxygens (including phenoxy) is 1. The van der Waals surface area contributed by atoms with Gasteiger partial charge in [0.25, 0.3) is 0 Å². The Hall–Kier alpha value is -0.570. The van der Waals surface area contributed by atoms with E-state index >= 15 is 0 Å². The summed E-state index contributed by atoms with van der Waals surface area (Å²) < 4.78 is 5.29. The van der Waals surface area contributed by atoms with Gasteiger partial charge in [-0.05, 0) is 40.5 Å². The number of hydrogen-bond acceptors (Lipinski definition) is 3. The zero-order valence-corrected chi connectivity index (χ0v) is 10.9. The van der Waals surface area contributed by atoms with Crippen molar-refractivity contribution in [2.45, 2.75) is 72.1 Å². The molecule has 0 saturated carbocycles. The summed E-state index contributed by atoms with van der Waals surface area (Å²) in [5, 5.41) is 3.26. The zero-order valence-electron chi connectivity index (χ0n) is 10.9. The van der Waals surface area contributed by atoms with Crippen LogP contribution in [0.3, 0.4) is 0 Å². The Bertz CT molecular complexity index is 192. The second-order valence-electron chi connectivity index (χ2n) is 4.94. The number of carbonyl (C=O) groups is 1. The van der Waals surface area contributed by atoms with Crippen molar-refractivity contribution < 1.29 is 9.53 Å². The third-order valence-electron chi connectivity index (χ3n) is 2.23. The lowest BCUT2D eigenvalue weighted by Gasteiger charge is -2.25. The van der Waals surface area contributed by atoms with Gasteiger partial charge >= 0.3 is 5.97 Å². The molecule has 90 valence electrons. The fourth-order valence-corrected chi connectivity index (χ4v) is 1.34. The highest BCUT2D eigenvalue weighted by Gasteiger charge is 2.22. The molecule has 0 heterocycles. The third-order valence-corrected chi connectivity index (χ3v) is 2.23. The minimum absolute atomic E-state index is 0.172. The van der Waals surface area contributed by atoms with Crippen LogP contribution in [-0.4, -0.2) is 23.7 Å². The maximum absolute atomic E-state index is 11.6. The Morgan fingerprint density at radius 1 is 1.27 bits per heavy atom. The maximum atomic E-state index is 11.6. The van der Waals surface area contributed by atoms with Crippen molar-refractivity contribution >= 4 is 5.97 Å². The van der Waals surface area contributed by atoms with Crippen molar-refractivity contribution in [3.05, 3.63) is 0 Å². The predicted molar refractivity (Wildman–Crippen MR) is 62.8 cm³/mol. The van der Waals surface area contributed by atoms with Crippen LogP contribution in [0.25, 0.3) is 0 Å². The first kappa shape index (κ1) is 14.4. The van der Waals surface area contributed by atoms with Gasteiger partial charge in [-0.25, -0.2) is 0 Å². The van der Waals surface area contributed by atoms with Gasteiger partial charge in [0.05, 0.1) is 0 Å². The zero-order chi connectivity index (χ0) is 12.1. The summed E-state index contributed by atoms with van der Waals surface area (Å²) in [6.07, 6.45) is 2.06. The van der Waals surface area contributed by atoms with E-state index in [1.807, 2.05) is 27.7 Å². The highest BCUT2D eigenvalue weighted by molar-refractivity contribution is 5.75. The van der Waals surface area contributed by atoms with E-state index in [4.69, 9.17) is 4.74 Å². The van der Waals surface area contributed by atoms with Gasteiger partial charge in [-0.2, -0.15) is 0 Å². The first-order chi connectivity index (χ1) is 6.80. The molecule has 0 aromatic heterocycles.